The summed E-state index contributed by atoms with van der Waals surface area (Å²) >= 11 is 0. The van der Waals surface area contributed by atoms with E-state index in [1.165, 1.54) is 4.90 Å². The van der Waals surface area contributed by atoms with Gasteiger partial charge in [0.2, 0.25) is 5.91 Å². The second kappa shape index (κ2) is 11.8. The fourth-order valence-corrected chi connectivity index (χ4v) is 7.79. The van der Waals surface area contributed by atoms with Gasteiger partial charge >= 0.3 is 12.4 Å². The van der Waals surface area contributed by atoms with Crippen LogP contribution >= 0.6 is 0 Å². The van der Waals surface area contributed by atoms with Crippen LogP contribution in [0.1, 0.15) is 42.4 Å². The molecule has 0 aromatic heterocycles. The Morgan fingerprint density at radius 1 is 0.891 bits per heavy atom. The number of fused-ring (bicyclic) bond motifs is 1. The maximum absolute atomic E-state index is 13.9. The minimum absolute atomic E-state index is 0.148. The van der Waals surface area contributed by atoms with Gasteiger partial charge in [-0.2, -0.15) is 26.3 Å². The van der Waals surface area contributed by atoms with Gasteiger partial charge in [-0.05, 0) is 67.1 Å². The first-order chi connectivity index (χ1) is 21.4. The van der Waals surface area contributed by atoms with Crippen molar-refractivity contribution >= 4 is 21.6 Å². The number of rotatable bonds is 6. The number of carbonyl (C=O) groups excluding carboxylic acids is 1. The van der Waals surface area contributed by atoms with Gasteiger partial charge in [-0.1, -0.05) is 42.5 Å². The van der Waals surface area contributed by atoms with Crippen LogP contribution in [0.2, 0.25) is 0 Å². The number of hydrogen-bond acceptors (Lipinski definition) is 5. The fraction of sp³-hybridized carbons (Fsp3) is 0.387. The van der Waals surface area contributed by atoms with Crippen LogP contribution in [0.15, 0.2) is 77.7 Å². The van der Waals surface area contributed by atoms with Gasteiger partial charge in [-0.3, -0.25) is 9.10 Å². The Kier molecular flexibility index (Phi) is 8.66. The highest BCUT2D eigenvalue weighted by atomic mass is 32.2. The summed E-state index contributed by atoms with van der Waals surface area (Å²) in [5.74, 6) is -1.23. The quantitative estimate of drug-likeness (QED) is 0.335. The molecule has 0 saturated carbocycles. The van der Waals surface area contributed by atoms with Crippen molar-refractivity contribution < 1.29 is 54.2 Å². The van der Waals surface area contributed by atoms with Gasteiger partial charge in [0.25, 0.3) is 15.6 Å². The summed E-state index contributed by atoms with van der Waals surface area (Å²) in [6.07, 6.45) is -12.7. The number of anilines is 1. The van der Waals surface area contributed by atoms with E-state index >= 15 is 0 Å². The van der Waals surface area contributed by atoms with Crippen molar-refractivity contribution in [3.8, 4) is 0 Å². The Labute approximate surface area is 259 Å². The molecule has 1 amide bonds. The van der Waals surface area contributed by atoms with Crippen molar-refractivity contribution in [2.24, 2.45) is 0 Å². The normalized spacial score (nSPS) is 19.1. The SMILES string of the molecule is O=C(CC1CCc2cc(C(O)(C(F)(F)F)C(F)(F)F)ccc2N1S(=O)(=O)c1ccc(F)cc1)N1CCC(O)(c2ccccc2)CC1. The van der Waals surface area contributed by atoms with E-state index in [-0.39, 0.29) is 56.4 Å². The first kappa shape index (κ1) is 33.7. The van der Waals surface area contributed by atoms with Crippen LogP contribution in [0, 0.1) is 5.82 Å². The number of halogens is 7. The Hall–Kier alpha value is -3.69. The number of carbonyl (C=O) groups is 1. The molecular formula is C31H29F7N2O5S. The Morgan fingerprint density at radius 3 is 2.04 bits per heavy atom. The summed E-state index contributed by atoms with van der Waals surface area (Å²) in [6, 6.07) is 13.0. The van der Waals surface area contributed by atoms with Crippen LogP contribution in [0.5, 0.6) is 0 Å². The van der Waals surface area contributed by atoms with Gasteiger partial charge in [0, 0.05) is 25.1 Å². The van der Waals surface area contributed by atoms with Crippen molar-refractivity contribution in [2.75, 3.05) is 17.4 Å². The zero-order valence-electron chi connectivity index (χ0n) is 24.0. The average molecular weight is 675 g/mol. The number of sulfonamides is 1. The third-order valence-corrected chi connectivity index (χ3v) is 10.5. The molecule has 5 rings (SSSR count). The van der Waals surface area contributed by atoms with E-state index in [1.54, 1.807) is 30.3 Å². The van der Waals surface area contributed by atoms with Crippen molar-refractivity contribution in [3.05, 3.63) is 95.3 Å². The lowest BCUT2D eigenvalue weighted by Crippen LogP contribution is -2.54. The van der Waals surface area contributed by atoms with E-state index in [4.69, 9.17) is 0 Å². The lowest BCUT2D eigenvalue weighted by molar-refractivity contribution is -0.376. The van der Waals surface area contributed by atoms with Gasteiger partial charge < -0.3 is 15.1 Å². The Bertz CT molecular complexity index is 1670. The molecule has 1 saturated heterocycles. The second-order valence-corrected chi connectivity index (χ2v) is 13.3. The van der Waals surface area contributed by atoms with Gasteiger partial charge in [0.15, 0.2) is 0 Å². The van der Waals surface area contributed by atoms with Crippen molar-refractivity contribution in [1.82, 2.24) is 4.90 Å². The first-order valence-corrected chi connectivity index (χ1v) is 15.7. The zero-order chi connectivity index (χ0) is 33.7. The number of likely N-dealkylation sites (tertiary alicyclic amines) is 1. The van der Waals surface area contributed by atoms with Crippen molar-refractivity contribution in [1.29, 1.82) is 0 Å². The molecule has 2 heterocycles. The summed E-state index contributed by atoms with van der Waals surface area (Å²) in [5.41, 5.74) is -7.76. The molecule has 2 N–H and O–H groups in total. The highest BCUT2D eigenvalue weighted by molar-refractivity contribution is 7.92. The topological polar surface area (TPSA) is 98.2 Å². The number of amides is 1. The summed E-state index contributed by atoms with van der Waals surface area (Å²) < 4.78 is 124. The third-order valence-electron chi connectivity index (χ3n) is 8.67. The molecule has 15 heteroatoms. The third kappa shape index (κ3) is 5.95. The largest absolute Gasteiger partial charge is 0.430 e. The number of aliphatic hydroxyl groups is 2. The van der Waals surface area contributed by atoms with E-state index in [0.29, 0.717) is 17.7 Å². The number of benzene rings is 3. The monoisotopic (exact) mass is 674 g/mol. The lowest BCUT2D eigenvalue weighted by Gasteiger charge is -2.41. The molecule has 0 aliphatic carbocycles. The number of nitrogens with zero attached hydrogens (tertiary/aromatic N) is 2. The van der Waals surface area contributed by atoms with Gasteiger partial charge in [0.1, 0.15) is 5.82 Å². The van der Waals surface area contributed by atoms with Crippen molar-refractivity contribution in [3.63, 3.8) is 0 Å². The average Bonchev–Trinajstić information content (AvgIpc) is 3.00. The summed E-state index contributed by atoms with van der Waals surface area (Å²) in [5, 5.41) is 21.1. The van der Waals surface area contributed by atoms with Crippen LogP contribution in [-0.4, -0.2) is 60.9 Å². The molecule has 2 aliphatic rings. The molecule has 2 aliphatic heterocycles. The molecule has 0 bridgehead atoms. The Balaban J connectivity index is 1.48. The minimum atomic E-state index is -6.15. The molecule has 248 valence electrons. The van der Waals surface area contributed by atoms with Crippen LogP contribution in [0.3, 0.4) is 0 Å². The maximum Gasteiger partial charge on any atom is 0.430 e. The van der Waals surface area contributed by atoms with Crippen molar-refractivity contribution in [2.45, 2.75) is 66.6 Å². The van der Waals surface area contributed by atoms with Crippen LogP contribution in [-0.2, 0) is 32.4 Å². The predicted octanol–water partition coefficient (Wildman–Crippen LogP) is 5.55. The summed E-state index contributed by atoms with van der Waals surface area (Å²) in [6.45, 7) is 0.296. The van der Waals surface area contributed by atoms with Crippen LogP contribution < -0.4 is 4.31 Å². The minimum Gasteiger partial charge on any atom is -0.385 e. The summed E-state index contributed by atoms with van der Waals surface area (Å²) in [4.78, 5) is 14.5. The van der Waals surface area contributed by atoms with Gasteiger partial charge in [0.05, 0.1) is 22.2 Å². The maximum atomic E-state index is 13.9. The number of aryl methyl sites for hydroxylation is 1. The lowest BCUT2D eigenvalue weighted by atomic mass is 9.84. The van der Waals surface area contributed by atoms with Crippen LogP contribution in [0.4, 0.5) is 36.4 Å². The summed E-state index contributed by atoms with van der Waals surface area (Å²) in [7, 11) is -4.63. The van der Waals surface area contributed by atoms with E-state index in [0.717, 1.165) is 34.6 Å². The number of alkyl halides is 6. The molecule has 1 fully saturated rings. The number of hydrogen-bond donors (Lipinski definition) is 2. The van der Waals surface area contributed by atoms with E-state index in [9.17, 15) is 54.2 Å². The second-order valence-electron chi connectivity index (χ2n) is 11.5. The standard InChI is InChI=1S/C31H29F7N2O5S/c32-23-8-11-25(12-9-23)46(44,45)40-24(19-27(41)39-16-14-28(42,15-17-39)21-4-2-1-3-5-21)10-6-20-18-22(7-13-26(20)40)29(43,30(33,34)35)31(36,37)38/h1-5,7-9,11-13,18,24,42-43H,6,10,14-17,19H2. The van der Waals surface area contributed by atoms with E-state index < -0.39 is 61.8 Å². The van der Waals surface area contributed by atoms with E-state index in [1.807, 2.05) is 0 Å². The molecule has 3 aromatic carbocycles. The van der Waals surface area contributed by atoms with Gasteiger partial charge in [-0.15, -0.1) is 0 Å². The molecule has 46 heavy (non-hydrogen) atoms. The predicted molar refractivity (Wildman–Crippen MR) is 151 cm³/mol. The highest BCUT2D eigenvalue weighted by Gasteiger charge is 2.71. The first-order valence-electron chi connectivity index (χ1n) is 14.2. The highest BCUT2D eigenvalue weighted by Crippen LogP contribution is 2.51. The van der Waals surface area contributed by atoms with Crippen LogP contribution in [0.25, 0.3) is 0 Å². The van der Waals surface area contributed by atoms with Gasteiger partial charge in [-0.25, -0.2) is 12.8 Å². The molecule has 1 atom stereocenters. The molecule has 7 nitrogen and oxygen atoms in total. The molecule has 1 unspecified atom stereocenters. The fourth-order valence-electron chi connectivity index (χ4n) is 6.07. The molecule has 3 aromatic rings. The molecule has 0 spiro atoms. The Morgan fingerprint density at radius 2 is 1.48 bits per heavy atom. The number of piperidine rings is 1. The smallest absolute Gasteiger partial charge is 0.385 e. The molecular weight excluding hydrogens is 645 g/mol. The zero-order valence-corrected chi connectivity index (χ0v) is 24.8. The molecule has 0 radical (unpaired) electrons. The van der Waals surface area contributed by atoms with E-state index in [2.05, 4.69) is 0 Å².